The van der Waals surface area contributed by atoms with E-state index < -0.39 is 36.0 Å². The van der Waals surface area contributed by atoms with E-state index in [0.29, 0.717) is 25.1 Å². The molecule has 14 heteroatoms. The van der Waals surface area contributed by atoms with Gasteiger partial charge in [0.05, 0.1) is 6.67 Å². The number of alkyl carbamates (subject to hydrolysis) is 1. The van der Waals surface area contributed by atoms with E-state index in [-0.39, 0.29) is 25.6 Å². The molecule has 0 saturated carbocycles. The van der Waals surface area contributed by atoms with Crippen LogP contribution in [0, 0.1) is 5.92 Å². The summed E-state index contributed by atoms with van der Waals surface area (Å²) in [7, 11) is 1.80. The van der Waals surface area contributed by atoms with Gasteiger partial charge in [-0.3, -0.25) is 14.4 Å². The standard InChI is InChI=1S/C21H35N7O5.CH3NO/c1-13(2)17(28-20(23)31)19(30)27-16(5-4-10-24-3)18(29)26-15-8-6-14(7-9-15)11-33-21(32)25-12-22;2-1-3/h6-9,13,16-17,24H,4-5,10-12,22H2,1-3H3,(H,25,32)(H,26,29)(H,27,30)(H3,23,28,31);1H,(H2,2,3). The highest BCUT2D eigenvalue weighted by Gasteiger charge is 2.28. The lowest BCUT2D eigenvalue weighted by atomic mass is 10.0. The fraction of sp³-hybridized carbons (Fsp3) is 0.500. The molecule has 0 spiro atoms. The number of ether oxygens (including phenoxy) is 1. The van der Waals surface area contributed by atoms with Gasteiger partial charge >= 0.3 is 12.1 Å². The van der Waals surface area contributed by atoms with E-state index in [1.807, 2.05) is 0 Å². The molecule has 0 aromatic heterocycles. The van der Waals surface area contributed by atoms with Gasteiger partial charge in [-0.15, -0.1) is 0 Å². The van der Waals surface area contributed by atoms with Crippen molar-refractivity contribution in [2.45, 2.75) is 45.4 Å². The average molecular weight is 511 g/mol. The van der Waals surface area contributed by atoms with Gasteiger partial charge in [-0.05, 0) is 50.0 Å². The average Bonchev–Trinajstić information content (AvgIpc) is 2.82. The molecule has 2 unspecified atom stereocenters. The second-order valence-corrected chi connectivity index (χ2v) is 7.82. The smallest absolute Gasteiger partial charge is 0.408 e. The second-order valence-electron chi connectivity index (χ2n) is 7.82. The summed E-state index contributed by atoms with van der Waals surface area (Å²) in [5.41, 5.74) is 15.8. The van der Waals surface area contributed by atoms with Crippen molar-refractivity contribution in [3.8, 4) is 0 Å². The Morgan fingerprint density at radius 1 is 1.06 bits per heavy atom. The minimum atomic E-state index is -0.863. The molecule has 0 aliphatic carbocycles. The van der Waals surface area contributed by atoms with Gasteiger partial charge < -0.3 is 48.5 Å². The van der Waals surface area contributed by atoms with Gasteiger partial charge in [0.25, 0.3) is 0 Å². The number of hydrogen-bond donors (Lipinski definition) is 8. The molecule has 202 valence electrons. The van der Waals surface area contributed by atoms with Crippen LogP contribution in [0.15, 0.2) is 24.3 Å². The number of anilines is 1. The molecule has 0 fully saturated rings. The number of carbonyl (C=O) groups excluding carboxylic acids is 5. The Morgan fingerprint density at radius 3 is 2.17 bits per heavy atom. The number of nitrogens with two attached hydrogens (primary N) is 3. The molecule has 0 aliphatic rings. The molecule has 1 aromatic rings. The third kappa shape index (κ3) is 13.7. The number of primary amides is 2. The molecule has 14 nitrogen and oxygen atoms in total. The predicted octanol–water partition coefficient (Wildman–Crippen LogP) is -0.954. The Morgan fingerprint density at radius 2 is 1.67 bits per heavy atom. The summed E-state index contributed by atoms with van der Waals surface area (Å²) in [6, 6.07) is 4.23. The van der Waals surface area contributed by atoms with Crippen LogP contribution in [0.1, 0.15) is 32.3 Å². The van der Waals surface area contributed by atoms with Crippen LogP contribution >= 0.6 is 0 Å². The molecule has 6 amide bonds. The third-order valence-electron chi connectivity index (χ3n) is 4.64. The van der Waals surface area contributed by atoms with Crippen molar-refractivity contribution in [1.29, 1.82) is 0 Å². The SMILES string of the molecule is CNCCCC(NC(=O)C(NC(N)=O)C(C)C)C(=O)Nc1ccc(COC(=O)NCN)cc1.NC=O. The van der Waals surface area contributed by atoms with Gasteiger partial charge in [-0.1, -0.05) is 26.0 Å². The van der Waals surface area contributed by atoms with Crippen molar-refractivity contribution >= 4 is 36.0 Å². The molecule has 0 aliphatic heterocycles. The third-order valence-corrected chi connectivity index (χ3v) is 4.64. The van der Waals surface area contributed by atoms with Gasteiger partial charge in [0.2, 0.25) is 18.2 Å². The van der Waals surface area contributed by atoms with Crippen LogP contribution < -0.4 is 43.8 Å². The molecule has 0 bridgehead atoms. The molecule has 0 heterocycles. The summed E-state index contributed by atoms with van der Waals surface area (Å²) in [5.74, 6) is -1.11. The maximum Gasteiger partial charge on any atom is 0.408 e. The predicted molar refractivity (Wildman–Crippen MR) is 134 cm³/mol. The van der Waals surface area contributed by atoms with E-state index in [4.69, 9.17) is 21.0 Å². The largest absolute Gasteiger partial charge is 0.445 e. The van der Waals surface area contributed by atoms with Crippen LogP contribution in [0.5, 0.6) is 0 Å². The van der Waals surface area contributed by atoms with Gasteiger partial charge in [-0.25, -0.2) is 9.59 Å². The number of nitrogens with one attached hydrogen (secondary N) is 5. The number of carbonyl (C=O) groups is 5. The van der Waals surface area contributed by atoms with E-state index in [2.05, 4.69) is 32.3 Å². The first-order chi connectivity index (χ1) is 17.1. The molecule has 1 rings (SSSR count). The Labute approximate surface area is 210 Å². The quantitative estimate of drug-likeness (QED) is 0.0933. The Bertz CT molecular complexity index is 834. The normalized spacial score (nSPS) is 11.7. The van der Waals surface area contributed by atoms with Crippen molar-refractivity contribution < 1.29 is 28.7 Å². The van der Waals surface area contributed by atoms with Crippen molar-refractivity contribution in [2.75, 3.05) is 25.6 Å². The van der Waals surface area contributed by atoms with E-state index in [1.54, 1.807) is 45.2 Å². The minimum Gasteiger partial charge on any atom is -0.445 e. The second kappa shape index (κ2) is 18.4. The van der Waals surface area contributed by atoms with Crippen molar-refractivity contribution in [1.82, 2.24) is 21.3 Å². The summed E-state index contributed by atoms with van der Waals surface area (Å²) in [4.78, 5) is 56.7. The number of hydrogen-bond acceptors (Lipinski definition) is 8. The summed E-state index contributed by atoms with van der Waals surface area (Å²) < 4.78 is 4.99. The lowest BCUT2D eigenvalue weighted by molar-refractivity contribution is -0.128. The molecule has 0 saturated heterocycles. The van der Waals surface area contributed by atoms with E-state index in [1.165, 1.54) is 0 Å². The Balaban J connectivity index is 0.00000387. The van der Waals surface area contributed by atoms with Crippen molar-refractivity contribution in [3.05, 3.63) is 29.8 Å². The highest BCUT2D eigenvalue weighted by molar-refractivity contribution is 5.98. The highest BCUT2D eigenvalue weighted by Crippen LogP contribution is 2.12. The number of rotatable bonds is 13. The van der Waals surface area contributed by atoms with Crippen LogP contribution in [0.2, 0.25) is 0 Å². The lowest BCUT2D eigenvalue weighted by Gasteiger charge is -2.24. The lowest BCUT2D eigenvalue weighted by Crippen LogP contribution is -2.55. The van der Waals surface area contributed by atoms with Crippen LogP contribution in [-0.4, -0.2) is 62.7 Å². The number of benzene rings is 1. The van der Waals surface area contributed by atoms with Gasteiger partial charge in [0, 0.05) is 5.69 Å². The zero-order valence-electron chi connectivity index (χ0n) is 20.8. The molecule has 11 N–H and O–H groups in total. The van der Waals surface area contributed by atoms with E-state index in [9.17, 15) is 19.2 Å². The summed E-state index contributed by atoms with van der Waals surface area (Å²) >= 11 is 0. The Kier molecular flexibility index (Phi) is 16.4. The van der Waals surface area contributed by atoms with Crippen LogP contribution in [0.3, 0.4) is 0 Å². The monoisotopic (exact) mass is 510 g/mol. The van der Waals surface area contributed by atoms with E-state index >= 15 is 0 Å². The first-order valence-electron chi connectivity index (χ1n) is 11.3. The summed E-state index contributed by atoms with van der Waals surface area (Å²) in [5, 5.41) is 13.2. The van der Waals surface area contributed by atoms with Gasteiger partial charge in [0.15, 0.2) is 0 Å². The molecule has 2 atom stereocenters. The maximum absolute atomic E-state index is 12.9. The number of amides is 6. The number of urea groups is 1. The minimum absolute atomic E-state index is 0.0215. The molecular weight excluding hydrogens is 472 g/mol. The summed E-state index contributed by atoms with van der Waals surface area (Å²) in [6.07, 6.45) is 0.661. The topological polar surface area (TPSA) is 233 Å². The van der Waals surface area contributed by atoms with Crippen LogP contribution in [0.25, 0.3) is 0 Å². The fourth-order valence-corrected chi connectivity index (χ4v) is 2.90. The van der Waals surface area contributed by atoms with Crippen LogP contribution in [0.4, 0.5) is 15.3 Å². The molecule has 1 aromatic carbocycles. The first kappa shape index (κ1) is 32.1. The first-order valence-corrected chi connectivity index (χ1v) is 11.3. The maximum atomic E-state index is 12.9. The highest BCUT2D eigenvalue weighted by atomic mass is 16.5. The van der Waals surface area contributed by atoms with Crippen LogP contribution in [-0.2, 0) is 25.7 Å². The van der Waals surface area contributed by atoms with E-state index in [0.717, 1.165) is 5.56 Å². The molecular formula is C22H38N8O6. The zero-order valence-corrected chi connectivity index (χ0v) is 20.8. The molecule has 36 heavy (non-hydrogen) atoms. The van der Waals surface area contributed by atoms with Crippen molar-refractivity contribution in [3.63, 3.8) is 0 Å². The fourth-order valence-electron chi connectivity index (χ4n) is 2.90. The summed E-state index contributed by atoms with van der Waals surface area (Å²) in [6.45, 7) is 4.22. The van der Waals surface area contributed by atoms with Gasteiger partial charge in [0.1, 0.15) is 18.7 Å². The Hall–Kier alpha value is -3.91. The zero-order chi connectivity index (χ0) is 27.5. The molecule has 0 radical (unpaired) electrons. The van der Waals surface area contributed by atoms with Crippen molar-refractivity contribution in [2.24, 2.45) is 23.1 Å². The van der Waals surface area contributed by atoms with Gasteiger partial charge in [-0.2, -0.15) is 0 Å².